The Bertz CT molecular complexity index is 276. The molecule has 0 spiro atoms. The van der Waals surface area contributed by atoms with Crippen molar-refractivity contribution in [3.05, 3.63) is 11.7 Å². The third kappa shape index (κ3) is 2.19. The zero-order chi connectivity index (χ0) is 8.55. The SMILES string of the molecule is Cc1noc(C2CCN(C)C2)n1.Cl. The lowest BCUT2D eigenvalue weighted by Gasteiger charge is -2.04. The number of halogens is 1. The lowest BCUT2D eigenvalue weighted by atomic mass is 10.1. The van der Waals surface area contributed by atoms with Gasteiger partial charge < -0.3 is 9.42 Å². The first kappa shape index (κ1) is 10.5. The standard InChI is InChI=1S/C8H13N3O.ClH/c1-6-9-8(12-10-6)7-3-4-11(2)5-7;/h7H,3-5H2,1-2H3;1H. The Kier molecular flexibility index (Phi) is 3.27. The van der Waals surface area contributed by atoms with Crippen LogP contribution in [0.4, 0.5) is 0 Å². The molecule has 0 radical (unpaired) electrons. The number of hydrogen-bond acceptors (Lipinski definition) is 4. The summed E-state index contributed by atoms with van der Waals surface area (Å²) in [5.74, 6) is 1.99. The van der Waals surface area contributed by atoms with E-state index in [4.69, 9.17) is 4.52 Å². The highest BCUT2D eigenvalue weighted by Crippen LogP contribution is 2.24. The summed E-state index contributed by atoms with van der Waals surface area (Å²) in [5, 5.41) is 3.78. The van der Waals surface area contributed by atoms with E-state index in [1.807, 2.05) is 6.92 Å². The summed E-state index contributed by atoms with van der Waals surface area (Å²) in [6.45, 7) is 4.03. The fourth-order valence-corrected chi connectivity index (χ4v) is 1.62. The smallest absolute Gasteiger partial charge is 0.231 e. The molecule has 0 saturated carbocycles. The van der Waals surface area contributed by atoms with E-state index in [-0.39, 0.29) is 12.4 Å². The molecule has 1 unspecified atom stereocenters. The molecule has 1 saturated heterocycles. The second kappa shape index (κ2) is 4.07. The topological polar surface area (TPSA) is 42.2 Å². The molecule has 0 amide bonds. The molecule has 2 heterocycles. The van der Waals surface area contributed by atoms with Crippen molar-refractivity contribution in [3.8, 4) is 0 Å². The van der Waals surface area contributed by atoms with Gasteiger partial charge in [-0.1, -0.05) is 5.16 Å². The Morgan fingerprint density at radius 2 is 2.31 bits per heavy atom. The van der Waals surface area contributed by atoms with Crippen molar-refractivity contribution in [2.75, 3.05) is 20.1 Å². The average molecular weight is 204 g/mol. The van der Waals surface area contributed by atoms with Gasteiger partial charge >= 0.3 is 0 Å². The van der Waals surface area contributed by atoms with Gasteiger partial charge in [-0.3, -0.25) is 0 Å². The van der Waals surface area contributed by atoms with E-state index in [0.717, 1.165) is 31.2 Å². The van der Waals surface area contributed by atoms with Gasteiger partial charge in [-0.2, -0.15) is 4.98 Å². The summed E-state index contributed by atoms with van der Waals surface area (Å²) in [4.78, 5) is 6.50. The maximum Gasteiger partial charge on any atom is 0.231 e. The average Bonchev–Trinajstić information content (AvgIpc) is 2.58. The molecule has 2 rings (SSSR count). The number of rotatable bonds is 1. The van der Waals surface area contributed by atoms with Crippen LogP contribution in [0.1, 0.15) is 24.1 Å². The van der Waals surface area contributed by atoms with E-state index in [1.165, 1.54) is 0 Å². The number of likely N-dealkylation sites (N-methyl/N-ethyl adjacent to an activating group) is 1. The molecule has 74 valence electrons. The number of nitrogens with zero attached hydrogens (tertiary/aromatic N) is 3. The highest BCUT2D eigenvalue weighted by Gasteiger charge is 2.25. The molecule has 0 aliphatic carbocycles. The normalized spacial score (nSPS) is 23.1. The van der Waals surface area contributed by atoms with Crippen molar-refractivity contribution < 1.29 is 4.52 Å². The van der Waals surface area contributed by atoms with Crippen LogP contribution >= 0.6 is 12.4 Å². The summed E-state index contributed by atoms with van der Waals surface area (Å²) >= 11 is 0. The fourth-order valence-electron chi connectivity index (χ4n) is 1.62. The minimum atomic E-state index is 0. The van der Waals surface area contributed by atoms with Crippen molar-refractivity contribution in [3.63, 3.8) is 0 Å². The zero-order valence-electron chi connectivity index (χ0n) is 7.86. The minimum absolute atomic E-state index is 0. The molecule has 0 bridgehead atoms. The Balaban J connectivity index is 0.000000845. The van der Waals surface area contributed by atoms with Crippen molar-refractivity contribution in [2.45, 2.75) is 19.3 Å². The fraction of sp³-hybridized carbons (Fsp3) is 0.750. The molecule has 0 N–H and O–H groups in total. The second-order valence-electron chi connectivity index (χ2n) is 3.43. The molecule has 5 heteroatoms. The van der Waals surface area contributed by atoms with Crippen LogP contribution in [0.5, 0.6) is 0 Å². The highest BCUT2D eigenvalue weighted by atomic mass is 35.5. The van der Waals surface area contributed by atoms with Gasteiger partial charge in [-0.05, 0) is 26.9 Å². The van der Waals surface area contributed by atoms with Crippen LogP contribution in [0.3, 0.4) is 0 Å². The van der Waals surface area contributed by atoms with Crippen LogP contribution < -0.4 is 0 Å². The van der Waals surface area contributed by atoms with Crippen LogP contribution in [-0.4, -0.2) is 35.2 Å². The number of aryl methyl sites for hydroxylation is 1. The first-order valence-electron chi connectivity index (χ1n) is 4.24. The van der Waals surface area contributed by atoms with Gasteiger partial charge in [0.1, 0.15) is 0 Å². The molecular weight excluding hydrogens is 190 g/mol. The molecular formula is C8H14ClN3O. The first-order chi connectivity index (χ1) is 5.75. The molecule has 1 aliphatic rings. The van der Waals surface area contributed by atoms with E-state index < -0.39 is 0 Å². The molecule has 13 heavy (non-hydrogen) atoms. The third-order valence-electron chi connectivity index (χ3n) is 2.28. The van der Waals surface area contributed by atoms with Crippen molar-refractivity contribution in [1.82, 2.24) is 15.0 Å². The van der Waals surface area contributed by atoms with Crippen LogP contribution in [0, 0.1) is 6.92 Å². The van der Waals surface area contributed by atoms with Gasteiger partial charge in [-0.25, -0.2) is 0 Å². The summed E-state index contributed by atoms with van der Waals surface area (Å²) in [7, 11) is 2.11. The van der Waals surface area contributed by atoms with E-state index in [2.05, 4.69) is 22.1 Å². The molecule has 0 aromatic carbocycles. The van der Waals surface area contributed by atoms with E-state index in [1.54, 1.807) is 0 Å². The molecule has 1 aromatic heterocycles. The van der Waals surface area contributed by atoms with E-state index >= 15 is 0 Å². The molecule has 1 aliphatic heterocycles. The number of hydrogen-bond donors (Lipinski definition) is 0. The quantitative estimate of drug-likeness (QED) is 0.689. The lowest BCUT2D eigenvalue weighted by Crippen LogP contribution is -2.13. The molecule has 1 aromatic rings. The summed E-state index contributed by atoms with van der Waals surface area (Å²) < 4.78 is 5.11. The van der Waals surface area contributed by atoms with Crippen LogP contribution in [-0.2, 0) is 0 Å². The van der Waals surface area contributed by atoms with Gasteiger partial charge in [0.15, 0.2) is 5.82 Å². The number of aromatic nitrogens is 2. The monoisotopic (exact) mass is 203 g/mol. The predicted molar refractivity (Wildman–Crippen MR) is 51.1 cm³/mol. The van der Waals surface area contributed by atoms with Crippen molar-refractivity contribution in [1.29, 1.82) is 0 Å². The van der Waals surface area contributed by atoms with Crippen molar-refractivity contribution in [2.24, 2.45) is 0 Å². The predicted octanol–water partition coefficient (Wildman–Crippen LogP) is 1.22. The third-order valence-corrected chi connectivity index (χ3v) is 2.28. The molecule has 1 fully saturated rings. The second-order valence-corrected chi connectivity index (χ2v) is 3.43. The van der Waals surface area contributed by atoms with E-state index in [9.17, 15) is 0 Å². The summed E-state index contributed by atoms with van der Waals surface area (Å²) in [5.41, 5.74) is 0. The Labute approximate surface area is 83.7 Å². The Morgan fingerprint density at radius 1 is 1.54 bits per heavy atom. The zero-order valence-corrected chi connectivity index (χ0v) is 8.67. The van der Waals surface area contributed by atoms with Crippen LogP contribution in [0.15, 0.2) is 4.52 Å². The van der Waals surface area contributed by atoms with Crippen LogP contribution in [0.25, 0.3) is 0 Å². The highest BCUT2D eigenvalue weighted by molar-refractivity contribution is 5.85. The summed E-state index contributed by atoms with van der Waals surface area (Å²) in [6, 6.07) is 0. The summed E-state index contributed by atoms with van der Waals surface area (Å²) in [6.07, 6.45) is 1.14. The van der Waals surface area contributed by atoms with E-state index in [0.29, 0.717) is 5.92 Å². The van der Waals surface area contributed by atoms with Gasteiger partial charge in [0.2, 0.25) is 5.89 Å². The maximum absolute atomic E-state index is 5.11. The minimum Gasteiger partial charge on any atom is -0.339 e. The van der Waals surface area contributed by atoms with Gasteiger partial charge in [0, 0.05) is 6.54 Å². The van der Waals surface area contributed by atoms with Crippen molar-refractivity contribution >= 4 is 12.4 Å². The van der Waals surface area contributed by atoms with Gasteiger partial charge in [0.25, 0.3) is 0 Å². The van der Waals surface area contributed by atoms with Gasteiger partial charge in [-0.15, -0.1) is 12.4 Å². The largest absolute Gasteiger partial charge is 0.339 e. The first-order valence-corrected chi connectivity index (χ1v) is 4.24. The van der Waals surface area contributed by atoms with Crippen LogP contribution in [0.2, 0.25) is 0 Å². The van der Waals surface area contributed by atoms with Gasteiger partial charge in [0.05, 0.1) is 5.92 Å². The molecule has 4 nitrogen and oxygen atoms in total. The Morgan fingerprint density at radius 3 is 2.77 bits per heavy atom. The Hall–Kier alpha value is -0.610. The molecule has 1 atom stereocenters. The maximum atomic E-state index is 5.11. The number of likely N-dealkylation sites (tertiary alicyclic amines) is 1. The lowest BCUT2D eigenvalue weighted by molar-refractivity contribution is 0.342.